The summed E-state index contributed by atoms with van der Waals surface area (Å²) in [4.78, 5) is 27.5. The number of nitrogens with zero attached hydrogens (tertiary/aromatic N) is 3. The maximum Gasteiger partial charge on any atom is 0.303 e. The SMILES string of the molecule is Cc1csc(CNC(=O)c2ccc(-n3nc(C)c(CCC(=O)O)c3C)cc2)n1. The number of thiazole rings is 1. The number of hydrogen-bond acceptors (Lipinski definition) is 5. The van der Waals surface area contributed by atoms with Crippen molar-refractivity contribution in [3.63, 3.8) is 0 Å². The average Bonchev–Trinajstić information content (AvgIpc) is 3.21. The molecule has 0 unspecified atom stereocenters. The van der Waals surface area contributed by atoms with E-state index < -0.39 is 5.97 Å². The standard InChI is InChI=1S/C20H22N4O3S/c1-12-11-28-18(22-12)10-21-20(27)15-4-6-16(7-5-15)24-14(3)17(13(2)23-24)8-9-19(25)26/h4-7,11H,8-10H2,1-3H3,(H,21,27)(H,25,26). The van der Waals surface area contributed by atoms with Crippen molar-refractivity contribution >= 4 is 23.2 Å². The smallest absolute Gasteiger partial charge is 0.303 e. The van der Waals surface area contributed by atoms with Gasteiger partial charge < -0.3 is 10.4 Å². The van der Waals surface area contributed by atoms with Gasteiger partial charge in [-0.15, -0.1) is 11.3 Å². The highest BCUT2D eigenvalue weighted by atomic mass is 32.1. The first-order valence-corrected chi connectivity index (χ1v) is 9.79. The number of aryl methyl sites for hydroxylation is 2. The van der Waals surface area contributed by atoms with Gasteiger partial charge in [0.25, 0.3) is 5.91 Å². The summed E-state index contributed by atoms with van der Waals surface area (Å²) in [6.45, 7) is 6.13. The maximum atomic E-state index is 12.3. The minimum Gasteiger partial charge on any atom is -0.481 e. The number of carbonyl (C=O) groups is 2. The summed E-state index contributed by atoms with van der Waals surface area (Å²) in [5.74, 6) is -0.982. The van der Waals surface area contributed by atoms with Crippen LogP contribution in [-0.2, 0) is 17.8 Å². The lowest BCUT2D eigenvalue weighted by Gasteiger charge is -2.07. The third kappa shape index (κ3) is 4.45. The average molecular weight is 398 g/mol. The zero-order valence-corrected chi connectivity index (χ0v) is 16.8. The number of nitrogens with one attached hydrogen (secondary N) is 1. The number of carbonyl (C=O) groups excluding carboxylic acids is 1. The van der Waals surface area contributed by atoms with Gasteiger partial charge in [-0.05, 0) is 57.0 Å². The summed E-state index contributed by atoms with van der Waals surface area (Å²) < 4.78 is 1.78. The van der Waals surface area contributed by atoms with E-state index >= 15 is 0 Å². The third-order valence-electron chi connectivity index (χ3n) is 4.47. The van der Waals surface area contributed by atoms with Crippen molar-refractivity contribution in [1.82, 2.24) is 20.1 Å². The van der Waals surface area contributed by atoms with Crippen LogP contribution >= 0.6 is 11.3 Å². The van der Waals surface area contributed by atoms with Gasteiger partial charge in [-0.3, -0.25) is 9.59 Å². The van der Waals surface area contributed by atoms with Crippen LogP contribution in [0.4, 0.5) is 0 Å². The van der Waals surface area contributed by atoms with E-state index in [1.54, 1.807) is 16.8 Å². The van der Waals surface area contributed by atoms with Gasteiger partial charge in [0.1, 0.15) is 5.01 Å². The molecule has 146 valence electrons. The van der Waals surface area contributed by atoms with E-state index in [4.69, 9.17) is 5.11 Å². The monoisotopic (exact) mass is 398 g/mol. The molecule has 2 heterocycles. The molecular formula is C20H22N4O3S. The summed E-state index contributed by atoms with van der Waals surface area (Å²) in [5, 5.41) is 19.1. The van der Waals surface area contributed by atoms with Crippen LogP contribution in [0, 0.1) is 20.8 Å². The van der Waals surface area contributed by atoms with Crippen molar-refractivity contribution in [2.45, 2.75) is 40.2 Å². The first-order valence-electron chi connectivity index (χ1n) is 8.91. The fourth-order valence-corrected chi connectivity index (χ4v) is 3.73. The van der Waals surface area contributed by atoms with Crippen molar-refractivity contribution in [2.75, 3.05) is 0 Å². The molecule has 0 aliphatic rings. The molecule has 0 saturated carbocycles. The Hall–Kier alpha value is -3.00. The van der Waals surface area contributed by atoms with E-state index in [1.165, 1.54) is 11.3 Å². The zero-order valence-electron chi connectivity index (χ0n) is 16.0. The van der Waals surface area contributed by atoms with Crippen LogP contribution in [0.25, 0.3) is 5.69 Å². The van der Waals surface area contributed by atoms with Crippen LogP contribution < -0.4 is 5.32 Å². The normalized spacial score (nSPS) is 10.8. The summed E-state index contributed by atoms with van der Waals surface area (Å²) in [6, 6.07) is 7.18. The van der Waals surface area contributed by atoms with E-state index in [2.05, 4.69) is 15.4 Å². The largest absolute Gasteiger partial charge is 0.481 e. The van der Waals surface area contributed by atoms with Gasteiger partial charge in [0, 0.05) is 28.8 Å². The van der Waals surface area contributed by atoms with Gasteiger partial charge in [0.05, 0.1) is 17.9 Å². The van der Waals surface area contributed by atoms with Gasteiger partial charge in [-0.1, -0.05) is 0 Å². The molecule has 0 radical (unpaired) electrons. The topological polar surface area (TPSA) is 97.1 Å². The second-order valence-corrected chi connectivity index (χ2v) is 7.51. The number of hydrogen-bond donors (Lipinski definition) is 2. The van der Waals surface area contributed by atoms with E-state index in [0.29, 0.717) is 18.5 Å². The molecule has 0 aliphatic heterocycles. The second-order valence-electron chi connectivity index (χ2n) is 6.57. The van der Waals surface area contributed by atoms with E-state index in [0.717, 1.165) is 33.3 Å². The Bertz CT molecular complexity index is 1010. The highest BCUT2D eigenvalue weighted by molar-refractivity contribution is 7.09. The molecule has 28 heavy (non-hydrogen) atoms. The zero-order chi connectivity index (χ0) is 20.3. The van der Waals surface area contributed by atoms with Crippen molar-refractivity contribution in [3.8, 4) is 5.69 Å². The van der Waals surface area contributed by atoms with E-state index in [-0.39, 0.29) is 12.3 Å². The van der Waals surface area contributed by atoms with Crippen molar-refractivity contribution in [1.29, 1.82) is 0 Å². The number of carboxylic acid groups (broad SMARTS) is 1. The van der Waals surface area contributed by atoms with Crippen molar-refractivity contribution in [2.24, 2.45) is 0 Å². The molecule has 0 saturated heterocycles. The molecule has 2 aromatic heterocycles. The lowest BCUT2D eigenvalue weighted by Crippen LogP contribution is -2.22. The molecule has 1 aromatic carbocycles. The predicted molar refractivity (Wildman–Crippen MR) is 107 cm³/mol. The van der Waals surface area contributed by atoms with Crippen LogP contribution in [0.2, 0.25) is 0 Å². The van der Waals surface area contributed by atoms with Gasteiger partial charge in [0.15, 0.2) is 0 Å². The molecule has 8 heteroatoms. The minimum absolute atomic E-state index is 0.0745. The lowest BCUT2D eigenvalue weighted by molar-refractivity contribution is -0.136. The maximum absolute atomic E-state index is 12.3. The number of carboxylic acids is 1. The Balaban J connectivity index is 1.71. The molecule has 7 nitrogen and oxygen atoms in total. The summed E-state index contributed by atoms with van der Waals surface area (Å²) >= 11 is 1.52. The Kier molecular flexibility index (Phi) is 5.89. The van der Waals surface area contributed by atoms with Crippen molar-refractivity contribution < 1.29 is 14.7 Å². The van der Waals surface area contributed by atoms with Gasteiger partial charge in [0.2, 0.25) is 0 Å². The van der Waals surface area contributed by atoms with Crippen LogP contribution in [-0.4, -0.2) is 31.7 Å². The van der Waals surface area contributed by atoms with E-state index in [1.807, 2.05) is 38.3 Å². The number of benzene rings is 1. The summed E-state index contributed by atoms with van der Waals surface area (Å²) in [5.41, 5.74) is 5.02. The first kappa shape index (κ1) is 19.8. The first-order chi connectivity index (χ1) is 13.3. The fraction of sp³-hybridized carbons (Fsp3) is 0.300. The molecule has 0 bridgehead atoms. The van der Waals surface area contributed by atoms with Crippen LogP contribution in [0.5, 0.6) is 0 Å². The Morgan fingerprint density at radius 2 is 1.89 bits per heavy atom. The predicted octanol–water partition coefficient (Wildman–Crippen LogP) is 3.20. The fourth-order valence-electron chi connectivity index (χ4n) is 3.02. The van der Waals surface area contributed by atoms with Crippen LogP contribution in [0.1, 0.15) is 44.4 Å². The Morgan fingerprint density at radius 3 is 2.50 bits per heavy atom. The number of aliphatic carboxylic acids is 1. The lowest BCUT2D eigenvalue weighted by atomic mass is 10.1. The minimum atomic E-state index is -0.824. The Labute approximate surface area is 167 Å². The molecule has 3 aromatic rings. The molecule has 0 fully saturated rings. The molecule has 0 spiro atoms. The van der Waals surface area contributed by atoms with Crippen LogP contribution in [0.3, 0.4) is 0 Å². The molecular weight excluding hydrogens is 376 g/mol. The quantitative estimate of drug-likeness (QED) is 0.637. The summed E-state index contributed by atoms with van der Waals surface area (Å²) in [6.07, 6.45) is 0.523. The van der Waals surface area contributed by atoms with Gasteiger partial charge in [-0.2, -0.15) is 5.10 Å². The van der Waals surface area contributed by atoms with E-state index in [9.17, 15) is 9.59 Å². The number of rotatable bonds is 7. The molecule has 2 N–H and O–H groups in total. The highest BCUT2D eigenvalue weighted by Crippen LogP contribution is 2.20. The number of amides is 1. The van der Waals surface area contributed by atoms with Gasteiger partial charge in [-0.25, -0.2) is 9.67 Å². The second kappa shape index (κ2) is 8.35. The molecule has 0 aliphatic carbocycles. The molecule has 1 amide bonds. The third-order valence-corrected chi connectivity index (χ3v) is 5.44. The van der Waals surface area contributed by atoms with Crippen molar-refractivity contribution in [3.05, 3.63) is 62.9 Å². The van der Waals surface area contributed by atoms with Crippen LogP contribution in [0.15, 0.2) is 29.6 Å². The highest BCUT2D eigenvalue weighted by Gasteiger charge is 2.14. The summed E-state index contributed by atoms with van der Waals surface area (Å²) in [7, 11) is 0. The number of aromatic nitrogens is 3. The molecule has 0 atom stereocenters. The Morgan fingerprint density at radius 1 is 1.18 bits per heavy atom. The van der Waals surface area contributed by atoms with Gasteiger partial charge >= 0.3 is 5.97 Å². The molecule has 3 rings (SSSR count).